The van der Waals surface area contributed by atoms with Crippen LogP contribution in [0.3, 0.4) is 0 Å². The fourth-order valence-corrected chi connectivity index (χ4v) is 1.82. The average molecular weight is 278 g/mol. The molecule has 1 heterocycles. The first-order valence-corrected chi connectivity index (χ1v) is 5.91. The minimum absolute atomic E-state index is 0.0941. The maximum Gasteiger partial charge on any atom is 0.257 e. The third kappa shape index (κ3) is 3.50. The van der Waals surface area contributed by atoms with Gasteiger partial charge in [-0.2, -0.15) is 0 Å². The van der Waals surface area contributed by atoms with E-state index in [4.69, 9.17) is 0 Å². The lowest BCUT2D eigenvalue weighted by atomic mass is 10.1. The predicted octanol–water partition coefficient (Wildman–Crippen LogP) is 1.97. The smallest absolute Gasteiger partial charge is 0.257 e. The van der Waals surface area contributed by atoms with Crippen molar-refractivity contribution in [2.45, 2.75) is 13.0 Å². The second kappa shape index (κ2) is 6.10. The Morgan fingerprint density at radius 2 is 2.10 bits per heavy atom. The van der Waals surface area contributed by atoms with Gasteiger partial charge in [0.1, 0.15) is 0 Å². The highest BCUT2D eigenvalue weighted by Crippen LogP contribution is 2.14. The molecule has 0 bridgehead atoms. The van der Waals surface area contributed by atoms with Gasteiger partial charge in [-0.05, 0) is 17.7 Å². The van der Waals surface area contributed by atoms with Crippen LogP contribution >= 0.6 is 0 Å². The van der Waals surface area contributed by atoms with Gasteiger partial charge in [-0.15, -0.1) is 0 Å². The molecule has 0 unspecified atom stereocenters. The van der Waals surface area contributed by atoms with Crippen LogP contribution in [-0.2, 0) is 11.3 Å². The largest absolute Gasteiger partial charge is 0.348 e. The highest BCUT2D eigenvalue weighted by molar-refractivity contribution is 5.88. The van der Waals surface area contributed by atoms with Gasteiger partial charge < -0.3 is 10.3 Å². The minimum atomic E-state index is -2.67. The molecule has 2 aromatic rings. The summed E-state index contributed by atoms with van der Waals surface area (Å²) >= 11 is 0. The van der Waals surface area contributed by atoms with Crippen molar-refractivity contribution >= 4 is 16.8 Å². The number of aromatic amines is 1. The molecule has 2 rings (SSSR count). The van der Waals surface area contributed by atoms with Gasteiger partial charge in [0.25, 0.3) is 6.43 Å². The molecule has 2 N–H and O–H groups in total. The first kappa shape index (κ1) is 13.9. The van der Waals surface area contributed by atoms with Gasteiger partial charge >= 0.3 is 0 Å². The number of rotatable bonds is 4. The van der Waals surface area contributed by atoms with E-state index in [1.165, 1.54) is 6.07 Å². The third-order valence-corrected chi connectivity index (χ3v) is 2.68. The number of amides is 1. The molecule has 1 amide bonds. The van der Waals surface area contributed by atoms with Crippen molar-refractivity contribution in [1.29, 1.82) is 0 Å². The maximum absolute atomic E-state index is 11.9. The number of H-pyrrole nitrogens is 1. The van der Waals surface area contributed by atoms with Crippen molar-refractivity contribution in [3.63, 3.8) is 0 Å². The summed E-state index contributed by atoms with van der Waals surface area (Å²) < 4.78 is 23.8. The number of alkyl halides is 2. The second-order valence-electron chi connectivity index (χ2n) is 4.12. The lowest BCUT2D eigenvalue weighted by Gasteiger charge is -2.06. The molecule has 20 heavy (non-hydrogen) atoms. The van der Waals surface area contributed by atoms with E-state index in [0.29, 0.717) is 17.2 Å². The summed E-state index contributed by atoms with van der Waals surface area (Å²) in [6.45, 7) is 0.0941. The summed E-state index contributed by atoms with van der Waals surface area (Å²) in [7, 11) is 0. The van der Waals surface area contributed by atoms with Crippen molar-refractivity contribution in [2.24, 2.45) is 0 Å². The fourth-order valence-electron chi connectivity index (χ4n) is 1.82. The molecule has 1 aromatic heterocycles. The molecule has 0 radical (unpaired) electrons. The molecule has 0 aliphatic rings. The molecule has 0 fully saturated rings. The van der Waals surface area contributed by atoms with Crippen LogP contribution in [0.25, 0.3) is 10.9 Å². The van der Waals surface area contributed by atoms with Crippen molar-refractivity contribution in [3.05, 3.63) is 58.4 Å². The van der Waals surface area contributed by atoms with Crippen LogP contribution < -0.4 is 10.9 Å². The van der Waals surface area contributed by atoms with Crippen LogP contribution in [0.5, 0.6) is 0 Å². The number of halogens is 2. The molecular formula is C14H12F2N2O2. The summed E-state index contributed by atoms with van der Waals surface area (Å²) in [6, 6.07) is 8.52. The highest BCUT2D eigenvalue weighted by atomic mass is 19.3. The molecule has 4 nitrogen and oxygen atoms in total. The quantitative estimate of drug-likeness (QED) is 0.840. The number of hydrogen-bond donors (Lipinski definition) is 2. The number of hydrogen-bond acceptors (Lipinski definition) is 2. The van der Waals surface area contributed by atoms with Gasteiger partial charge in [0.15, 0.2) is 0 Å². The third-order valence-electron chi connectivity index (χ3n) is 2.68. The molecule has 0 aliphatic heterocycles. The number of nitrogens with one attached hydrogen (secondary N) is 2. The lowest BCUT2D eigenvalue weighted by Crippen LogP contribution is -2.22. The Labute approximate surface area is 113 Å². The maximum atomic E-state index is 11.9. The van der Waals surface area contributed by atoms with Crippen molar-refractivity contribution in [3.8, 4) is 0 Å². The zero-order chi connectivity index (χ0) is 14.5. The van der Waals surface area contributed by atoms with Crippen LogP contribution in [-0.4, -0.2) is 17.3 Å². The van der Waals surface area contributed by atoms with Gasteiger partial charge in [-0.3, -0.25) is 9.59 Å². The number of fused-ring (bicyclic) bond motifs is 1. The predicted molar refractivity (Wildman–Crippen MR) is 71.6 cm³/mol. The Kier molecular flexibility index (Phi) is 4.24. The standard InChI is InChI=1S/C14H12F2N2O2/c15-12(16)5-6-13(19)17-8-9-7-14(20)18-11-4-2-1-3-10(9)11/h1-7,12H,8H2,(H,17,19)(H,18,20)/b6-5+. The number of allylic oxidation sites excluding steroid dienone is 1. The van der Waals surface area contributed by atoms with Crippen LogP contribution in [0.2, 0.25) is 0 Å². The van der Waals surface area contributed by atoms with Crippen molar-refractivity contribution in [1.82, 2.24) is 10.3 Å². The van der Waals surface area contributed by atoms with E-state index in [0.717, 1.165) is 11.5 Å². The van der Waals surface area contributed by atoms with Crippen molar-refractivity contribution in [2.75, 3.05) is 0 Å². The number of aromatic nitrogens is 1. The summed E-state index contributed by atoms with van der Waals surface area (Å²) in [5.74, 6) is -0.630. The van der Waals surface area contributed by atoms with Crippen LogP contribution in [0.15, 0.2) is 47.3 Å². The number of pyridine rings is 1. The SMILES string of the molecule is O=C(/C=C/C(F)F)NCc1cc(=O)[nH]c2ccccc12. The Hall–Kier alpha value is -2.50. The zero-order valence-electron chi connectivity index (χ0n) is 10.4. The number of para-hydroxylation sites is 1. The Morgan fingerprint density at radius 1 is 1.35 bits per heavy atom. The lowest BCUT2D eigenvalue weighted by molar-refractivity contribution is -0.116. The number of carbonyl (C=O) groups is 1. The Morgan fingerprint density at radius 3 is 2.85 bits per heavy atom. The van der Waals surface area contributed by atoms with Gasteiger partial charge in [0.2, 0.25) is 11.5 Å². The summed E-state index contributed by atoms with van der Waals surface area (Å²) in [5.41, 5.74) is 1.01. The van der Waals surface area contributed by atoms with E-state index in [-0.39, 0.29) is 12.1 Å². The van der Waals surface area contributed by atoms with Crippen molar-refractivity contribution < 1.29 is 13.6 Å². The first-order valence-electron chi connectivity index (χ1n) is 5.91. The van der Waals surface area contributed by atoms with Gasteiger partial charge in [-0.25, -0.2) is 8.78 Å². The normalized spacial score (nSPS) is 11.3. The van der Waals surface area contributed by atoms with Gasteiger partial charge in [-0.1, -0.05) is 18.2 Å². The van der Waals surface area contributed by atoms with Gasteiger partial charge in [0.05, 0.1) is 0 Å². The Bertz CT molecular complexity index is 708. The van der Waals surface area contributed by atoms with E-state index in [1.54, 1.807) is 12.1 Å². The summed E-state index contributed by atoms with van der Waals surface area (Å²) in [6.07, 6.45) is -1.38. The highest BCUT2D eigenvalue weighted by Gasteiger charge is 2.04. The minimum Gasteiger partial charge on any atom is -0.348 e. The van der Waals surface area contributed by atoms with Crippen LogP contribution in [0, 0.1) is 0 Å². The monoisotopic (exact) mass is 278 g/mol. The molecule has 104 valence electrons. The fraction of sp³-hybridized carbons (Fsp3) is 0.143. The molecule has 0 saturated carbocycles. The van der Waals surface area contributed by atoms with E-state index >= 15 is 0 Å². The average Bonchev–Trinajstić information content (AvgIpc) is 2.42. The van der Waals surface area contributed by atoms with Crippen LogP contribution in [0.4, 0.5) is 8.78 Å². The zero-order valence-corrected chi connectivity index (χ0v) is 10.4. The summed E-state index contributed by atoms with van der Waals surface area (Å²) in [4.78, 5) is 25.5. The molecule has 0 saturated heterocycles. The Balaban J connectivity index is 2.18. The topological polar surface area (TPSA) is 62.0 Å². The molecule has 0 aliphatic carbocycles. The number of carbonyl (C=O) groups excluding carboxylic acids is 1. The number of benzene rings is 1. The molecule has 0 atom stereocenters. The molecule has 0 spiro atoms. The van der Waals surface area contributed by atoms with E-state index in [1.807, 2.05) is 12.1 Å². The van der Waals surface area contributed by atoms with Crippen LogP contribution in [0.1, 0.15) is 5.56 Å². The second-order valence-corrected chi connectivity index (χ2v) is 4.12. The molecule has 1 aromatic carbocycles. The molecular weight excluding hydrogens is 266 g/mol. The summed E-state index contributed by atoms with van der Waals surface area (Å²) in [5, 5.41) is 3.26. The van der Waals surface area contributed by atoms with E-state index < -0.39 is 12.3 Å². The molecule has 6 heteroatoms. The van der Waals surface area contributed by atoms with E-state index in [2.05, 4.69) is 10.3 Å². The van der Waals surface area contributed by atoms with Gasteiger partial charge in [0, 0.05) is 29.6 Å². The first-order chi connectivity index (χ1) is 9.56. The van der Waals surface area contributed by atoms with E-state index in [9.17, 15) is 18.4 Å².